The van der Waals surface area contributed by atoms with Gasteiger partial charge in [-0.05, 0) is 0 Å². The Morgan fingerprint density at radius 3 is 2.53 bits per heavy atom. The molecule has 0 bridgehead atoms. The van der Waals surface area contributed by atoms with Gasteiger partial charge in [0.1, 0.15) is 0 Å². The number of allylic oxidation sites excluding steroid dienone is 4. The molecule has 0 aliphatic heterocycles. The van der Waals surface area contributed by atoms with Crippen molar-refractivity contribution in [2.75, 3.05) is 0 Å². The molecule has 15 heavy (non-hydrogen) atoms. The maximum Gasteiger partial charge on any atom is -1.00 e. The SMILES string of the molecule is C[SiH](C)[Hf+2][CH]1C=CC2=C1CCCC2.[Cl-].[Cl-]. The van der Waals surface area contributed by atoms with E-state index in [0.29, 0.717) is 0 Å². The monoisotopic (exact) mass is 428 g/mol. The van der Waals surface area contributed by atoms with Gasteiger partial charge in [0.15, 0.2) is 0 Å². The van der Waals surface area contributed by atoms with Crippen LogP contribution in [0.4, 0.5) is 0 Å². The fourth-order valence-corrected chi connectivity index (χ4v) is 16.0. The predicted molar refractivity (Wildman–Crippen MR) is 57.3 cm³/mol. The summed E-state index contributed by atoms with van der Waals surface area (Å²) < 4.78 is 1.06. The van der Waals surface area contributed by atoms with Gasteiger partial charge >= 0.3 is 93.8 Å². The number of halogens is 2. The van der Waals surface area contributed by atoms with Gasteiger partial charge in [-0.1, -0.05) is 0 Å². The van der Waals surface area contributed by atoms with E-state index < -0.39 is 0 Å². The Bertz CT molecular complexity index is 261. The summed E-state index contributed by atoms with van der Waals surface area (Å²) in [5.74, 6) is -0.181. The maximum absolute atomic E-state index is 2.56. The van der Waals surface area contributed by atoms with Crippen molar-refractivity contribution in [3.63, 3.8) is 0 Å². The van der Waals surface area contributed by atoms with E-state index in [1.54, 1.807) is 5.57 Å². The van der Waals surface area contributed by atoms with Crippen molar-refractivity contribution in [3.05, 3.63) is 23.3 Å². The van der Waals surface area contributed by atoms with Crippen LogP contribution in [-0.2, 0) is 22.1 Å². The molecule has 0 aromatic heterocycles. The van der Waals surface area contributed by atoms with Crippen LogP contribution in [0.1, 0.15) is 25.7 Å². The van der Waals surface area contributed by atoms with Gasteiger partial charge in [-0.25, -0.2) is 0 Å². The number of rotatable bonds is 2. The van der Waals surface area contributed by atoms with Gasteiger partial charge in [0.05, 0.1) is 0 Å². The predicted octanol–water partition coefficient (Wildman–Crippen LogP) is -2.71. The zero-order valence-corrected chi connectivity index (χ0v) is 15.7. The second-order valence-electron chi connectivity index (χ2n) is 4.42. The van der Waals surface area contributed by atoms with Crippen molar-refractivity contribution in [2.45, 2.75) is 42.5 Å². The van der Waals surface area contributed by atoms with E-state index in [-0.39, 0.29) is 52.9 Å². The molecule has 2 aliphatic rings. The molecule has 0 amide bonds. The molecule has 0 aromatic rings. The van der Waals surface area contributed by atoms with Gasteiger partial charge in [-0.2, -0.15) is 0 Å². The summed E-state index contributed by atoms with van der Waals surface area (Å²) in [5, 5.41) is 0. The van der Waals surface area contributed by atoms with E-state index in [2.05, 4.69) is 25.2 Å². The molecular formula is C11H18Cl2HfSi. The van der Waals surface area contributed by atoms with E-state index in [1.807, 2.05) is 5.57 Å². The van der Waals surface area contributed by atoms with Gasteiger partial charge in [0.25, 0.3) is 0 Å². The van der Waals surface area contributed by atoms with Crippen LogP contribution in [0.3, 0.4) is 0 Å². The maximum atomic E-state index is 2.56. The molecular weight excluding hydrogens is 410 g/mol. The van der Waals surface area contributed by atoms with Crippen LogP contribution in [-0.4, -0.2) is 5.98 Å². The molecule has 0 saturated carbocycles. The minimum Gasteiger partial charge on any atom is -1.00 e. The summed E-state index contributed by atoms with van der Waals surface area (Å²) >= 11 is -0.247. The van der Waals surface area contributed by atoms with Crippen LogP contribution in [0.15, 0.2) is 23.3 Å². The van der Waals surface area contributed by atoms with E-state index in [1.165, 1.54) is 25.7 Å². The molecule has 0 radical (unpaired) electrons. The zero-order valence-electron chi connectivity index (χ0n) is 9.39. The quantitative estimate of drug-likeness (QED) is 0.421. The largest absolute Gasteiger partial charge is 1.00 e. The van der Waals surface area contributed by atoms with Crippen LogP contribution in [0.2, 0.25) is 16.8 Å². The average Bonchev–Trinajstić information content (AvgIpc) is 2.48. The summed E-state index contributed by atoms with van der Waals surface area (Å²) in [4.78, 5) is 0. The Hall–Kier alpha value is 1.15. The fourth-order valence-electron chi connectivity index (χ4n) is 2.34. The molecule has 2 aliphatic carbocycles. The van der Waals surface area contributed by atoms with Crippen LogP contribution in [0.25, 0.3) is 0 Å². The Kier molecular flexibility index (Phi) is 8.04. The second kappa shape index (κ2) is 7.47. The van der Waals surface area contributed by atoms with Crippen molar-refractivity contribution >= 4 is 5.98 Å². The molecule has 0 heterocycles. The molecule has 0 saturated heterocycles. The zero-order chi connectivity index (χ0) is 9.26. The van der Waals surface area contributed by atoms with Crippen molar-refractivity contribution in [1.29, 1.82) is 0 Å². The van der Waals surface area contributed by atoms with Gasteiger partial charge in [0, 0.05) is 0 Å². The Morgan fingerprint density at radius 1 is 1.20 bits per heavy atom. The van der Waals surface area contributed by atoms with E-state index in [4.69, 9.17) is 0 Å². The third-order valence-corrected chi connectivity index (χ3v) is 17.0. The van der Waals surface area contributed by atoms with E-state index in [9.17, 15) is 0 Å². The normalized spacial score (nSPS) is 23.0. The molecule has 0 aromatic carbocycles. The average molecular weight is 428 g/mol. The molecule has 4 heteroatoms. The van der Waals surface area contributed by atoms with Crippen molar-refractivity contribution in [3.8, 4) is 0 Å². The fraction of sp³-hybridized carbons (Fsp3) is 0.636. The minimum atomic E-state index is -0.247. The van der Waals surface area contributed by atoms with Crippen LogP contribution >= 0.6 is 0 Å². The summed E-state index contributed by atoms with van der Waals surface area (Å²) in [7, 11) is 0. The Morgan fingerprint density at radius 2 is 1.87 bits per heavy atom. The summed E-state index contributed by atoms with van der Waals surface area (Å²) in [6, 6.07) is 0. The molecule has 1 unspecified atom stereocenters. The molecule has 1 atom stereocenters. The van der Waals surface area contributed by atoms with Crippen molar-refractivity contribution in [2.24, 2.45) is 0 Å². The first kappa shape index (κ1) is 16.1. The Balaban J connectivity index is 0.000000980. The Labute approximate surface area is 118 Å². The molecule has 2 rings (SSSR count). The van der Waals surface area contributed by atoms with Gasteiger partial charge < -0.3 is 24.8 Å². The summed E-state index contributed by atoms with van der Waals surface area (Å²) in [6.45, 7) is 5.11. The summed E-state index contributed by atoms with van der Waals surface area (Å²) in [6.07, 6.45) is 10.8. The summed E-state index contributed by atoms with van der Waals surface area (Å²) in [5.41, 5.74) is 3.65. The first-order valence-corrected chi connectivity index (χ1v) is 16.6. The minimum absolute atomic E-state index is 0. The van der Waals surface area contributed by atoms with Crippen LogP contribution in [0.5, 0.6) is 0 Å². The standard InChI is InChI=1S/C9H11.C2H7Si.2ClH.Hf/c1-2-5-9-7-3-6-8(9)4-1;1-3-2;;;/h3,6-7H,1-2,4-5H2;3H,1-2H3;2*1H;/q;;;;+2/p-2. The third kappa shape index (κ3) is 4.14. The first-order chi connectivity index (χ1) is 6.27. The van der Waals surface area contributed by atoms with E-state index in [0.717, 1.165) is 3.67 Å². The molecule has 0 fully saturated rings. The van der Waals surface area contributed by atoms with E-state index >= 15 is 0 Å². The van der Waals surface area contributed by atoms with Crippen LogP contribution in [0, 0.1) is 0 Å². The number of hydrogen-bond donors (Lipinski definition) is 0. The van der Waals surface area contributed by atoms with Gasteiger partial charge in [-0.15, -0.1) is 0 Å². The number of hydrogen-bond acceptors (Lipinski definition) is 0. The molecule has 0 nitrogen and oxygen atoms in total. The van der Waals surface area contributed by atoms with Crippen molar-refractivity contribution < 1.29 is 46.9 Å². The van der Waals surface area contributed by atoms with Gasteiger partial charge in [0.2, 0.25) is 0 Å². The van der Waals surface area contributed by atoms with Crippen LogP contribution < -0.4 is 24.8 Å². The third-order valence-electron chi connectivity index (χ3n) is 2.93. The second-order valence-corrected chi connectivity index (χ2v) is 25.3. The van der Waals surface area contributed by atoms with Crippen molar-refractivity contribution in [1.82, 2.24) is 0 Å². The molecule has 0 spiro atoms. The van der Waals surface area contributed by atoms with Gasteiger partial charge in [-0.3, -0.25) is 0 Å². The molecule has 0 N–H and O–H groups in total. The topological polar surface area (TPSA) is 0 Å². The molecule has 84 valence electrons. The smallest absolute Gasteiger partial charge is 1.00 e. The first-order valence-electron chi connectivity index (χ1n) is 5.43.